The van der Waals surface area contributed by atoms with E-state index < -0.39 is 5.82 Å². The second-order valence-corrected chi connectivity index (χ2v) is 7.86. The molecule has 1 heterocycles. The zero-order valence-corrected chi connectivity index (χ0v) is 17.3. The number of ether oxygens (including phenoxy) is 2. The van der Waals surface area contributed by atoms with Crippen LogP contribution in [-0.2, 0) is 4.79 Å². The minimum atomic E-state index is -0.430. The van der Waals surface area contributed by atoms with E-state index in [1.807, 2.05) is 13.8 Å². The maximum Gasteiger partial charge on any atom is 0.227 e. The lowest BCUT2D eigenvalue weighted by atomic mass is 10.2. The number of benzene rings is 2. The van der Waals surface area contributed by atoms with Gasteiger partial charge in [-0.25, -0.2) is 9.37 Å². The fourth-order valence-electron chi connectivity index (χ4n) is 3.10. The minimum absolute atomic E-state index is 0.107. The molecule has 1 aromatic heterocycles. The molecule has 0 bridgehead atoms. The van der Waals surface area contributed by atoms with Crippen LogP contribution < -0.4 is 14.8 Å². The Morgan fingerprint density at radius 3 is 2.77 bits per heavy atom. The summed E-state index contributed by atoms with van der Waals surface area (Å²) in [6.07, 6.45) is 2.07. The number of oxazole rings is 1. The predicted octanol–water partition coefficient (Wildman–Crippen LogP) is 4.71. The molecule has 4 rings (SSSR count). The molecule has 30 heavy (non-hydrogen) atoms. The second kappa shape index (κ2) is 8.34. The van der Waals surface area contributed by atoms with Gasteiger partial charge in [0.25, 0.3) is 0 Å². The van der Waals surface area contributed by atoms with Gasteiger partial charge in [-0.1, -0.05) is 0 Å². The number of hydrogen-bond donors (Lipinski definition) is 1. The molecular weight excluding hydrogens is 387 g/mol. The maximum atomic E-state index is 14.4. The van der Waals surface area contributed by atoms with Crippen molar-refractivity contribution in [2.45, 2.75) is 45.8 Å². The van der Waals surface area contributed by atoms with Crippen LogP contribution in [0.5, 0.6) is 11.5 Å². The van der Waals surface area contributed by atoms with E-state index >= 15 is 0 Å². The zero-order valence-electron chi connectivity index (χ0n) is 17.3. The molecule has 2 aromatic carbocycles. The molecule has 1 amide bonds. The van der Waals surface area contributed by atoms with Crippen LogP contribution in [0.4, 0.5) is 4.39 Å². The number of fused-ring (bicyclic) bond motifs is 1. The number of nitrogens with one attached hydrogen (secondary N) is 1. The molecule has 0 saturated heterocycles. The molecule has 1 aliphatic carbocycles. The van der Waals surface area contributed by atoms with E-state index in [1.54, 1.807) is 30.3 Å². The quantitative estimate of drug-likeness (QED) is 0.580. The Bertz CT molecular complexity index is 1060. The number of amides is 1. The summed E-state index contributed by atoms with van der Waals surface area (Å²) in [6, 6.07) is 9.91. The van der Waals surface area contributed by atoms with Crippen molar-refractivity contribution in [3.05, 3.63) is 42.2 Å². The average Bonchev–Trinajstić information content (AvgIpc) is 3.43. The second-order valence-electron chi connectivity index (χ2n) is 7.86. The smallest absolute Gasteiger partial charge is 0.227 e. The first-order chi connectivity index (χ1) is 14.4. The Kier molecular flexibility index (Phi) is 5.61. The highest BCUT2D eigenvalue weighted by atomic mass is 19.1. The highest BCUT2D eigenvalue weighted by molar-refractivity contribution is 5.77. The lowest BCUT2D eigenvalue weighted by Crippen LogP contribution is -2.41. The summed E-state index contributed by atoms with van der Waals surface area (Å²) in [4.78, 5) is 15.7. The third kappa shape index (κ3) is 4.72. The van der Waals surface area contributed by atoms with Gasteiger partial charge in [-0.2, -0.15) is 0 Å². The molecule has 0 spiro atoms. The Balaban J connectivity index is 1.49. The molecule has 1 unspecified atom stereocenters. The number of hydrogen-bond acceptors (Lipinski definition) is 5. The van der Waals surface area contributed by atoms with E-state index in [0.29, 0.717) is 40.8 Å². The summed E-state index contributed by atoms with van der Waals surface area (Å²) in [5.74, 6) is 1.20. The fraction of sp³-hybridized carbons (Fsp3) is 0.391. The molecule has 3 aromatic rings. The van der Waals surface area contributed by atoms with E-state index in [1.165, 1.54) is 13.0 Å². The third-order valence-corrected chi connectivity index (χ3v) is 5.17. The number of rotatable bonds is 8. The predicted molar refractivity (Wildman–Crippen MR) is 111 cm³/mol. The van der Waals surface area contributed by atoms with Crippen molar-refractivity contribution in [3.63, 3.8) is 0 Å². The van der Waals surface area contributed by atoms with Gasteiger partial charge in [0.2, 0.25) is 11.8 Å². The molecule has 1 aliphatic rings. The van der Waals surface area contributed by atoms with Crippen LogP contribution in [0.25, 0.3) is 22.6 Å². The van der Waals surface area contributed by atoms with E-state index in [0.717, 1.165) is 12.8 Å². The van der Waals surface area contributed by atoms with Gasteiger partial charge in [-0.3, -0.25) is 4.79 Å². The Morgan fingerprint density at radius 1 is 1.27 bits per heavy atom. The maximum absolute atomic E-state index is 14.4. The van der Waals surface area contributed by atoms with E-state index in [2.05, 4.69) is 10.3 Å². The molecule has 158 valence electrons. The first-order valence-electron chi connectivity index (χ1n) is 10.2. The van der Waals surface area contributed by atoms with Gasteiger partial charge in [-0.15, -0.1) is 0 Å². The molecule has 1 fully saturated rings. The third-order valence-electron chi connectivity index (χ3n) is 5.17. The van der Waals surface area contributed by atoms with Gasteiger partial charge >= 0.3 is 0 Å². The molecule has 1 N–H and O–H groups in total. The van der Waals surface area contributed by atoms with Crippen molar-refractivity contribution in [1.82, 2.24) is 10.3 Å². The van der Waals surface area contributed by atoms with Crippen molar-refractivity contribution >= 4 is 17.0 Å². The van der Waals surface area contributed by atoms with Gasteiger partial charge in [0.15, 0.2) is 17.1 Å². The Labute approximate surface area is 174 Å². The van der Waals surface area contributed by atoms with Crippen LogP contribution in [0.1, 0.15) is 33.6 Å². The Morgan fingerprint density at radius 2 is 2.07 bits per heavy atom. The van der Waals surface area contributed by atoms with Crippen molar-refractivity contribution in [2.24, 2.45) is 5.92 Å². The van der Waals surface area contributed by atoms with Crippen LogP contribution in [0, 0.1) is 11.7 Å². The number of carbonyl (C=O) groups excluding carboxylic acids is 1. The monoisotopic (exact) mass is 412 g/mol. The lowest BCUT2D eigenvalue weighted by molar-refractivity contribution is -0.120. The summed E-state index contributed by atoms with van der Waals surface area (Å²) in [5.41, 5.74) is 1.73. The highest BCUT2D eigenvalue weighted by Gasteiger charge is 2.23. The summed E-state index contributed by atoms with van der Waals surface area (Å²) < 4.78 is 31.7. The number of nitrogens with zero attached hydrogens (tertiary/aromatic N) is 1. The van der Waals surface area contributed by atoms with Crippen molar-refractivity contribution in [2.75, 3.05) is 6.61 Å². The summed E-state index contributed by atoms with van der Waals surface area (Å²) in [5, 5.41) is 2.81. The molecule has 7 heteroatoms. The first kappa shape index (κ1) is 20.2. The van der Waals surface area contributed by atoms with Crippen LogP contribution in [-0.4, -0.2) is 29.6 Å². The SMILES string of the molecule is CC(=O)N[C@@H](C)C(C)Oc1ccc2nc(-c3ccc(OCC4CC4)c(F)c3)oc2c1. The lowest BCUT2D eigenvalue weighted by Gasteiger charge is -2.21. The number of aromatic nitrogens is 1. The van der Waals surface area contributed by atoms with Crippen LogP contribution in [0.3, 0.4) is 0 Å². The fourth-order valence-corrected chi connectivity index (χ4v) is 3.10. The van der Waals surface area contributed by atoms with Crippen molar-refractivity contribution in [1.29, 1.82) is 0 Å². The first-order valence-corrected chi connectivity index (χ1v) is 10.2. The average molecular weight is 412 g/mol. The van der Waals surface area contributed by atoms with Gasteiger partial charge in [0.05, 0.1) is 12.6 Å². The van der Waals surface area contributed by atoms with E-state index in [9.17, 15) is 9.18 Å². The topological polar surface area (TPSA) is 73.6 Å². The van der Waals surface area contributed by atoms with Crippen molar-refractivity contribution < 1.29 is 23.1 Å². The number of halogens is 1. The summed E-state index contributed by atoms with van der Waals surface area (Å²) in [6.45, 7) is 5.79. The summed E-state index contributed by atoms with van der Waals surface area (Å²) in [7, 11) is 0. The zero-order chi connectivity index (χ0) is 21.3. The standard InChI is InChI=1S/C23H25FN2O4/c1-13(25-15(3)27)14(2)29-18-7-8-20-22(11-18)30-23(26-20)17-6-9-21(19(24)10-17)28-12-16-4-5-16/h6-11,13-14,16H,4-5,12H2,1-3H3,(H,25,27)/t13-,14?/m0/s1. The molecule has 0 radical (unpaired) electrons. The molecular formula is C23H25FN2O4. The van der Waals surface area contributed by atoms with Gasteiger partial charge in [0.1, 0.15) is 17.4 Å². The van der Waals surface area contributed by atoms with Gasteiger partial charge in [-0.05, 0) is 62.9 Å². The van der Waals surface area contributed by atoms with E-state index in [4.69, 9.17) is 13.9 Å². The molecule has 0 aliphatic heterocycles. The molecule has 1 saturated carbocycles. The normalized spacial score (nSPS) is 15.6. The van der Waals surface area contributed by atoms with Crippen LogP contribution in [0.15, 0.2) is 40.8 Å². The molecule has 2 atom stereocenters. The van der Waals surface area contributed by atoms with E-state index in [-0.39, 0.29) is 23.8 Å². The van der Waals surface area contributed by atoms with Crippen LogP contribution >= 0.6 is 0 Å². The Hall–Kier alpha value is -3.09. The van der Waals surface area contributed by atoms with Crippen LogP contribution in [0.2, 0.25) is 0 Å². The van der Waals surface area contributed by atoms with Crippen molar-refractivity contribution in [3.8, 4) is 23.0 Å². The largest absolute Gasteiger partial charge is 0.490 e. The highest BCUT2D eigenvalue weighted by Crippen LogP contribution is 2.32. The van der Waals surface area contributed by atoms with Gasteiger partial charge in [0, 0.05) is 18.6 Å². The number of carbonyl (C=O) groups is 1. The van der Waals surface area contributed by atoms with Gasteiger partial charge < -0.3 is 19.2 Å². The molecule has 6 nitrogen and oxygen atoms in total. The summed E-state index contributed by atoms with van der Waals surface area (Å²) >= 11 is 0. The minimum Gasteiger partial charge on any atom is -0.490 e.